The predicted octanol–water partition coefficient (Wildman–Crippen LogP) is 1.52. The first-order chi connectivity index (χ1) is 13.9. The maximum Gasteiger partial charge on any atom is 0.350 e. The normalized spacial score (nSPS) is 13.5. The molecule has 0 saturated heterocycles. The van der Waals surface area contributed by atoms with Gasteiger partial charge in [-0.25, -0.2) is 28.8 Å². The van der Waals surface area contributed by atoms with E-state index in [4.69, 9.17) is 9.47 Å². The van der Waals surface area contributed by atoms with Gasteiger partial charge in [0.05, 0.1) is 25.2 Å². The molecule has 3 N–H and O–H groups in total. The van der Waals surface area contributed by atoms with Crippen molar-refractivity contribution in [1.29, 1.82) is 0 Å². The van der Waals surface area contributed by atoms with Crippen molar-refractivity contribution >= 4 is 22.0 Å². The summed E-state index contributed by atoms with van der Waals surface area (Å²) in [6.45, 7) is 0. The van der Waals surface area contributed by atoms with Crippen LogP contribution in [-0.4, -0.2) is 39.8 Å². The second-order valence-electron chi connectivity index (χ2n) is 5.69. The van der Waals surface area contributed by atoms with Gasteiger partial charge in [0.15, 0.2) is 0 Å². The molecule has 152 valence electrons. The summed E-state index contributed by atoms with van der Waals surface area (Å²) < 4.78 is 37.6. The number of amides is 2. The standard InChI is InChI=1S/C18H19N5O5S/c1-27-16-12-17(28-2)20-23(19-16)21-18(24)22-29(25,26)15-11-7-6-10-14(15)13-8-4-3-5-9-13/h3-12,19H,1-2H3,(H2,21,22,24). The van der Waals surface area contributed by atoms with E-state index >= 15 is 0 Å². The molecule has 3 rings (SSSR count). The van der Waals surface area contributed by atoms with Gasteiger partial charge in [-0.1, -0.05) is 58.9 Å². The molecule has 0 aliphatic carbocycles. The number of rotatable bonds is 5. The summed E-state index contributed by atoms with van der Waals surface area (Å²) in [5, 5.41) is 4.77. The summed E-state index contributed by atoms with van der Waals surface area (Å²) in [4.78, 5) is 12.2. The number of sulfonamides is 1. The lowest BCUT2D eigenvalue weighted by molar-refractivity contribution is 0.0943. The van der Waals surface area contributed by atoms with E-state index in [1.54, 1.807) is 42.5 Å². The minimum atomic E-state index is -4.17. The number of methoxy groups -OCH3 is 2. The summed E-state index contributed by atoms with van der Waals surface area (Å²) in [6.07, 6.45) is 1.45. The highest BCUT2D eigenvalue weighted by Crippen LogP contribution is 2.26. The number of carbonyl (C=O) groups is 1. The van der Waals surface area contributed by atoms with E-state index < -0.39 is 16.1 Å². The van der Waals surface area contributed by atoms with Crippen LogP contribution in [0, 0.1) is 0 Å². The summed E-state index contributed by atoms with van der Waals surface area (Å²) in [6, 6.07) is 14.3. The number of nitrogens with one attached hydrogen (secondary N) is 3. The van der Waals surface area contributed by atoms with Crippen LogP contribution >= 0.6 is 0 Å². The second kappa shape index (κ2) is 8.52. The van der Waals surface area contributed by atoms with Crippen molar-refractivity contribution in [3.63, 3.8) is 0 Å². The zero-order chi connectivity index (χ0) is 20.9. The Kier molecular flexibility index (Phi) is 5.88. The molecule has 1 aliphatic heterocycles. The monoisotopic (exact) mass is 417 g/mol. The van der Waals surface area contributed by atoms with Gasteiger partial charge in [0.2, 0.25) is 11.8 Å². The summed E-state index contributed by atoms with van der Waals surface area (Å²) >= 11 is 0. The van der Waals surface area contributed by atoms with Crippen molar-refractivity contribution in [2.24, 2.45) is 5.10 Å². The SMILES string of the molecule is COC1=CC(OC)=NN(NC(=O)NS(=O)(=O)c2ccccc2-c2ccccc2)N1. The fourth-order valence-electron chi connectivity index (χ4n) is 2.51. The van der Waals surface area contributed by atoms with Gasteiger partial charge in [0.1, 0.15) is 0 Å². The first-order valence-electron chi connectivity index (χ1n) is 8.36. The average Bonchev–Trinajstić information content (AvgIpc) is 2.73. The van der Waals surface area contributed by atoms with Crippen LogP contribution in [0.4, 0.5) is 4.79 Å². The molecule has 0 unspecified atom stereocenters. The molecule has 1 heterocycles. The number of hydrazone groups is 1. The van der Waals surface area contributed by atoms with Crippen molar-refractivity contribution in [3.05, 3.63) is 66.6 Å². The van der Waals surface area contributed by atoms with Crippen LogP contribution in [-0.2, 0) is 19.5 Å². The average molecular weight is 417 g/mol. The lowest BCUT2D eigenvalue weighted by Gasteiger charge is -2.25. The molecule has 0 radical (unpaired) electrons. The zero-order valence-electron chi connectivity index (χ0n) is 15.6. The Balaban J connectivity index is 1.78. The number of hydrogen-bond donors (Lipinski definition) is 3. The number of benzene rings is 2. The Hall–Kier alpha value is -3.73. The molecule has 0 aromatic heterocycles. The van der Waals surface area contributed by atoms with Gasteiger partial charge in [-0.2, -0.15) is 0 Å². The van der Waals surface area contributed by atoms with Crippen molar-refractivity contribution < 1.29 is 22.7 Å². The number of ether oxygens (including phenoxy) is 2. The van der Waals surface area contributed by atoms with E-state index in [1.165, 1.54) is 26.4 Å². The van der Waals surface area contributed by atoms with E-state index in [0.29, 0.717) is 11.1 Å². The van der Waals surface area contributed by atoms with Crippen molar-refractivity contribution in [1.82, 2.24) is 20.8 Å². The molecular weight excluding hydrogens is 398 g/mol. The summed E-state index contributed by atoms with van der Waals surface area (Å²) in [5.74, 6) is 0.368. The van der Waals surface area contributed by atoms with Crippen molar-refractivity contribution in [2.45, 2.75) is 4.90 Å². The highest BCUT2D eigenvalue weighted by Gasteiger charge is 2.23. The van der Waals surface area contributed by atoms with Gasteiger partial charge in [0.25, 0.3) is 10.0 Å². The second-order valence-corrected chi connectivity index (χ2v) is 7.34. The van der Waals surface area contributed by atoms with Crippen LogP contribution < -0.4 is 15.6 Å². The van der Waals surface area contributed by atoms with Gasteiger partial charge in [-0.15, -0.1) is 0 Å². The number of hydrazine groups is 2. The van der Waals surface area contributed by atoms with Crippen LogP contribution in [0.25, 0.3) is 11.1 Å². The van der Waals surface area contributed by atoms with Gasteiger partial charge >= 0.3 is 6.03 Å². The van der Waals surface area contributed by atoms with Crippen LogP contribution in [0.5, 0.6) is 0 Å². The molecule has 0 spiro atoms. The Bertz CT molecular complexity index is 1050. The Labute approximate surface area is 167 Å². The highest BCUT2D eigenvalue weighted by atomic mass is 32.2. The summed E-state index contributed by atoms with van der Waals surface area (Å²) in [7, 11) is -1.38. The first kappa shape index (κ1) is 20.0. The lowest BCUT2D eigenvalue weighted by Crippen LogP contribution is -2.53. The van der Waals surface area contributed by atoms with E-state index in [2.05, 4.69) is 16.0 Å². The van der Waals surface area contributed by atoms with Crippen molar-refractivity contribution in [2.75, 3.05) is 14.2 Å². The molecular formula is C18H19N5O5S. The van der Waals surface area contributed by atoms with Crippen molar-refractivity contribution in [3.8, 4) is 11.1 Å². The van der Waals surface area contributed by atoms with E-state index in [1.807, 2.05) is 10.8 Å². The van der Waals surface area contributed by atoms with Crippen LogP contribution in [0.2, 0.25) is 0 Å². The molecule has 2 amide bonds. The van der Waals surface area contributed by atoms with Gasteiger partial charge in [-0.3, -0.25) is 0 Å². The Morgan fingerprint density at radius 1 is 1.03 bits per heavy atom. The van der Waals surface area contributed by atoms with E-state index in [0.717, 1.165) is 5.23 Å². The molecule has 2 aromatic rings. The Morgan fingerprint density at radius 3 is 2.41 bits per heavy atom. The maximum absolute atomic E-state index is 12.8. The first-order valence-corrected chi connectivity index (χ1v) is 9.84. The molecule has 11 heteroatoms. The van der Waals surface area contributed by atoms with Crippen LogP contribution in [0.3, 0.4) is 0 Å². The minimum absolute atomic E-state index is 0.0356. The smallest absolute Gasteiger partial charge is 0.350 e. The van der Waals surface area contributed by atoms with Gasteiger partial charge < -0.3 is 9.47 Å². The van der Waals surface area contributed by atoms with Crippen LogP contribution in [0.1, 0.15) is 0 Å². The quantitative estimate of drug-likeness (QED) is 0.674. The molecule has 2 aromatic carbocycles. The molecule has 0 fully saturated rings. The zero-order valence-corrected chi connectivity index (χ0v) is 16.4. The predicted molar refractivity (Wildman–Crippen MR) is 105 cm³/mol. The maximum atomic E-state index is 12.8. The highest BCUT2D eigenvalue weighted by molar-refractivity contribution is 7.90. The molecule has 29 heavy (non-hydrogen) atoms. The fraction of sp³-hybridized carbons (Fsp3) is 0.111. The minimum Gasteiger partial charge on any atom is -0.481 e. The van der Waals surface area contributed by atoms with Crippen LogP contribution in [0.15, 0.2) is 76.6 Å². The molecule has 0 saturated carbocycles. The van der Waals surface area contributed by atoms with E-state index in [-0.39, 0.29) is 16.7 Å². The lowest BCUT2D eigenvalue weighted by atomic mass is 10.1. The number of nitrogens with zero attached hydrogens (tertiary/aromatic N) is 2. The molecule has 1 aliphatic rings. The molecule has 10 nitrogen and oxygen atoms in total. The number of urea groups is 1. The largest absolute Gasteiger partial charge is 0.481 e. The summed E-state index contributed by atoms with van der Waals surface area (Å²) in [5.41, 5.74) is 6.01. The fourth-order valence-corrected chi connectivity index (χ4v) is 3.64. The third-order valence-corrected chi connectivity index (χ3v) is 5.18. The third-order valence-electron chi connectivity index (χ3n) is 3.79. The van der Waals surface area contributed by atoms with Gasteiger partial charge in [-0.05, 0) is 11.6 Å². The third kappa shape index (κ3) is 4.76. The number of carbonyl (C=O) groups excluding carboxylic acids is 1. The topological polar surface area (TPSA) is 121 Å². The van der Waals surface area contributed by atoms with E-state index in [9.17, 15) is 13.2 Å². The van der Waals surface area contributed by atoms with Gasteiger partial charge in [0, 0.05) is 5.56 Å². The molecule has 0 bridgehead atoms. The molecule has 0 atom stereocenters. The Morgan fingerprint density at radius 2 is 1.72 bits per heavy atom. The number of hydrogen-bond acceptors (Lipinski definition) is 8.